The van der Waals surface area contributed by atoms with Crippen molar-refractivity contribution in [1.82, 2.24) is 5.32 Å². The lowest BCUT2D eigenvalue weighted by Gasteiger charge is -2.17. The van der Waals surface area contributed by atoms with E-state index in [0.29, 0.717) is 11.8 Å². The molecule has 0 aromatic heterocycles. The quantitative estimate of drug-likeness (QED) is 0.898. The molecule has 3 nitrogen and oxygen atoms in total. The summed E-state index contributed by atoms with van der Waals surface area (Å²) in [5.74, 6) is 0.846. The first-order chi connectivity index (χ1) is 8.67. The Kier molecular flexibility index (Phi) is 4.51. The van der Waals surface area contributed by atoms with Gasteiger partial charge in [-0.2, -0.15) is 0 Å². The molecule has 1 saturated heterocycles. The van der Waals surface area contributed by atoms with E-state index in [2.05, 4.69) is 28.2 Å². The number of rotatable bonds is 4. The molecule has 2 rings (SSSR count). The largest absolute Gasteiger partial charge is 0.504 e. The third-order valence-electron chi connectivity index (χ3n) is 3.59. The average molecular weight is 314 g/mol. The van der Waals surface area contributed by atoms with Crippen LogP contribution in [-0.2, 0) is 12.8 Å². The van der Waals surface area contributed by atoms with Crippen LogP contribution in [0, 0.1) is 0 Å². The van der Waals surface area contributed by atoms with E-state index < -0.39 is 0 Å². The molecule has 1 aliphatic rings. The molecule has 1 aromatic carbocycles. The predicted octanol–water partition coefficient (Wildman–Crippen LogP) is 3.02. The van der Waals surface area contributed by atoms with Crippen LogP contribution in [0.25, 0.3) is 0 Å². The van der Waals surface area contributed by atoms with Crippen molar-refractivity contribution in [3.63, 3.8) is 0 Å². The molecule has 0 amide bonds. The molecule has 4 heteroatoms. The molecule has 0 aliphatic carbocycles. The molecule has 1 fully saturated rings. The van der Waals surface area contributed by atoms with Crippen molar-refractivity contribution in [3.8, 4) is 11.5 Å². The Morgan fingerprint density at radius 1 is 1.56 bits per heavy atom. The molecule has 100 valence electrons. The summed E-state index contributed by atoms with van der Waals surface area (Å²) in [6, 6.07) is 2.37. The minimum Gasteiger partial charge on any atom is -0.504 e. The third-order valence-corrected chi connectivity index (χ3v) is 4.57. The maximum atomic E-state index is 10.3. The van der Waals surface area contributed by atoms with Crippen LogP contribution in [0.5, 0.6) is 11.5 Å². The monoisotopic (exact) mass is 313 g/mol. The van der Waals surface area contributed by atoms with Crippen molar-refractivity contribution < 1.29 is 9.84 Å². The second-order valence-corrected chi connectivity index (χ2v) is 5.52. The van der Waals surface area contributed by atoms with E-state index in [4.69, 9.17) is 4.74 Å². The van der Waals surface area contributed by atoms with Gasteiger partial charge in [0.05, 0.1) is 7.11 Å². The highest BCUT2D eigenvalue weighted by Gasteiger charge is 2.21. The fraction of sp³-hybridized carbons (Fsp3) is 0.571. The van der Waals surface area contributed by atoms with Gasteiger partial charge in [0.1, 0.15) is 0 Å². The Morgan fingerprint density at radius 2 is 2.33 bits per heavy atom. The molecule has 1 aromatic rings. The summed E-state index contributed by atoms with van der Waals surface area (Å²) in [5, 5.41) is 13.7. The molecule has 1 unspecified atom stereocenters. The number of aromatic hydroxyl groups is 1. The molecule has 0 bridgehead atoms. The first-order valence-electron chi connectivity index (χ1n) is 6.48. The number of methoxy groups -OCH3 is 1. The molecular formula is C14H20BrNO2. The Labute approximate surface area is 117 Å². The van der Waals surface area contributed by atoms with Gasteiger partial charge in [0.25, 0.3) is 0 Å². The van der Waals surface area contributed by atoms with Gasteiger partial charge in [-0.1, -0.05) is 22.9 Å². The number of phenolic OH excluding ortho intramolecular Hbond substituents is 1. The second kappa shape index (κ2) is 5.93. The number of ether oxygens (including phenoxy) is 1. The predicted molar refractivity (Wildman–Crippen MR) is 76.5 cm³/mol. The summed E-state index contributed by atoms with van der Waals surface area (Å²) < 4.78 is 6.28. The molecule has 1 atom stereocenters. The molecule has 0 spiro atoms. The third kappa shape index (κ3) is 2.64. The summed E-state index contributed by atoms with van der Waals surface area (Å²) in [5.41, 5.74) is 2.14. The zero-order valence-electron chi connectivity index (χ0n) is 10.9. The van der Waals surface area contributed by atoms with Gasteiger partial charge in [-0.05, 0) is 43.9 Å². The Bertz CT molecular complexity index is 400. The van der Waals surface area contributed by atoms with Crippen LogP contribution in [0.15, 0.2) is 10.5 Å². The van der Waals surface area contributed by atoms with Gasteiger partial charge in [-0.3, -0.25) is 0 Å². The van der Waals surface area contributed by atoms with Crippen molar-refractivity contribution in [2.75, 3.05) is 13.7 Å². The number of phenols is 1. The van der Waals surface area contributed by atoms with Crippen LogP contribution < -0.4 is 10.1 Å². The SMILES string of the molecule is CCc1cc(OC)c(O)c(CC2CCCN2)c1Br. The normalized spacial score (nSPS) is 19.2. The van der Waals surface area contributed by atoms with E-state index in [1.54, 1.807) is 7.11 Å². The fourth-order valence-electron chi connectivity index (χ4n) is 2.51. The van der Waals surface area contributed by atoms with Gasteiger partial charge >= 0.3 is 0 Å². The van der Waals surface area contributed by atoms with Crippen LogP contribution in [0.4, 0.5) is 0 Å². The molecule has 0 radical (unpaired) electrons. The Hall–Kier alpha value is -0.740. The van der Waals surface area contributed by atoms with Crippen LogP contribution >= 0.6 is 15.9 Å². The van der Waals surface area contributed by atoms with Crippen molar-refractivity contribution in [2.24, 2.45) is 0 Å². The minimum absolute atomic E-state index is 0.273. The van der Waals surface area contributed by atoms with Crippen molar-refractivity contribution in [2.45, 2.75) is 38.6 Å². The van der Waals surface area contributed by atoms with Gasteiger partial charge in [0, 0.05) is 16.1 Å². The van der Waals surface area contributed by atoms with E-state index in [1.807, 2.05) is 6.07 Å². The fourth-order valence-corrected chi connectivity index (χ4v) is 3.26. The number of halogens is 1. The molecule has 18 heavy (non-hydrogen) atoms. The number of hydrogen-bond donors (Lipinski definition) is 2. The first kappa shape index (κ1) is 13.7. The number of hydrogen-bond acceptors (Lipinski definition) is 3. The van der Waals surface area contributed by atoms with E-state index in [-0.39, 0.29) is 5.75 Å². The highest BCUT2D eigenvalue weighted by molar-refractivity contribution is 9.10. The van der Waals surface area contributed by atoms with Crippen LogP contribution in [0.3, 0.4) is 0 Å². The van der Waals surface area contributed by atoms with Gasteiger partial charge in [0.15, 0.2) is 11.5 Å². The Morgan fingerprint density at radius 3 is 2.89 bits per heavy atom. The van der Waals surface area contributed by atoms with Crippen LogP contribution in [0.1, 0.15) is 30.9 Å². The maximum Gasteiger partial charge on any atom is 0.162 e. The maximum absolute atomic E-state index is 10.3. The van der Waals surface area contributed by atoms with Gasteiger partial charge in [-0.15, -0.1) is 0 Å². The van der Waals surface area contributed by atoms with Crippen molar-refractivity contribution in [1.29, 1.82) is 0 Å². The molecule has 1 aliphatic heterocycles. The topological polar surface area (TPSA) is 41.5 Å². The van der Waals surface area contributed by atoms with E-state index in [0.717, 1.165) is 29.4 Å². The molecular weight excluding hydrogens is 294 g/mol. The Balaban J connectivity index is 2.36. The number of benzene rings is 1. The molecule has 0 saturated carbocycles. The lowest BCUT2D eigenvalue weighted by Crippen LogP contribution is -2.24. The molecule has 1 heterocycles. The zero-order valence-corrected chi connectivity index (χ0v) is 12.5. The van der Waals surface area contributed by atoms with Crippen LogP contribution in [0.2, 0.25) is 0 Å². The van der Waals surface area contributed by atoms with Gasteiger partial charge in [-0.25, -0.2) is 0 Å². The summed E-state index contributed by atoms with van der Waals surface area (Å²) in [6.45, 7) is 3.18. The van der Waals surface area contributed by atoms with Crippen LogP contribution in [-0.4, -0.2) is 24.8 Å². The smallest absolute Gasteiger partial charge is 0.162 e. The standard InChI is InChI=1S/C14H20BrNO2/c1-3-9-7-12(18-2)14(17)11(13(9)15)8-10-5-4-6-16-10/h7,10,16-17H,3-6,8H2,1-2H3. The minimum atomic E-state index is 0.273. The highest BCUT2D eigenvalue weighted by Crippen LogP contribution is 2.39. The summed E-state index contributed by atoms with van der Waals surface area (Å²) in [7, 11) is 1.60. The highest BCUT2D eigenvalue weighted by atomic mass is 79.9. The van der Waals surface area contributed by atoms with Crippen molar-refractivity contribution >= 4 is 15.9 Å². The van der Waals surface area contributed by atoms with E-state index >= 15 is 0 Å². The second-order valence-electron chi connectivity index (χ2n) is 4.73. The first-order valence-corrected chi connectivity index (χ1v) is 7.27. The van der Waals surface area contributed by atoms with Crippen molar-refractivity contribution in [3.05, 3.63) is 21.7 Å². The number of nitrogens with one attached hydrogen (secondary N) is 1. The summed E-state index contributed by atoms with van der Waals surface area (Å²) in [6.07, 6.45) is 4.15. The van der Waals surface area contributed by atoms with E-state index in [9.17, 15) is 5.11 Å². The lowest BCUT2D eigenvalue weighted by molar-refractivity contribution is 0.368. The zero-order chi connectivity index (χ0) is 13.1. The van der Waals surface area contributed by atoms with Gasteiger partial charge in [0.2, 0.25) is 0 Å². The van der Waals surface area contributed by atoms with E-state index in [1.165, 1.54) is 18.4 Å². The molecule has 2 N–H and O–H groups in total. The number of aryl methyl sites for hydroxylation is 1. The summed E-state index contributed by atoms with van der Waals surface area (Å²) in [4.78, 5) is 0. The summed E-state index contributed by atoms with van der Waals surface area (Å²) >= 11 is 3.62. The average Bonchev–Trinajstić information content (AvgIpc) is 2.88. The lowest BCUT2D eigenvalue weighted by atomic mass is 9.99. The van der Waals surface area contributed by atoms with Gasteiger partial charge < -0.3 is 15.2 Å².